The number of amides is 1. The third kappa shape index (κ3) is 3.81. The summed E-state index contributed by atoms with van der Waals surface area (Å²) in [5, 5.41) is 12.1. The van der Waals surface area contributed by atoms with E-state index in [-0.39, 0.29) is 18.4 Å². The van der Waals surface area contributed by atoms with Gasteiger partial charge in [0.1, 0.15) is 6.10 Å². The number of ether oxygens (including phenoxy) is 1. The number of hydrogen-bond acceptors (Lipinski definition) is 4. The molecule has 124 valence electrons. The summed E-state index contributed by atoms with van der Waals surface area (Å²) in [6, 6.07) is 3.27. The topological polar surface area (TPSA) is 88.5 Å². The number of carboxylic acid groups (broad SMARTS) is 1. The van der Waals surface area contributed by atoms with Crippen LogP contribution in [0.4, 0.5) is 0 Å². The minimum atomic E-state index is -0.879. The molecule has 0 saturated heterocycles. The molecule has 0 spiro atoms. The Morgan fingerprint density at radius 2 is 2.04 bits per heavy atom. The van der Waals surface area contributed by atoms with Crippen molar-refractivity contribution in [2.75, 3.05) is 0 Å². The summed E-state index contributed by atoms with van der Waals surface area (Å²) in [5.41, 5.74) is -0.160. The van der Waals surface area contributed by atoms with Crippen LogP contribution in [0, 0.1) is 0 Å². The molecular formula is C17H22N2O4. The van der Waals surface area contributed by atoms with Gasteiger partial charge in [0.2, 0.25) is 5.88 Å². The number of aliphatic carboxylic acids is 1. The number of aromatic nitrogens is 1. The van der Waals surface area contributed by atoms with Crippen LogP contribution in [0.25, 0.3) is 0 Å². The number of rotatable bonds is 6. The van der Waals surface area contributed by atoms with Crippen LogP contribution >= 0.6 is 0 Å². The van der Waals surface area contributed by atoms with E-state index in [1.54, 1.807) is 18.3 Å². The Bertz CT molecular complexity index is 592. The predicted octanol–water partition coefficient (Wildman–Crippen LogP) is 2.53. The second-order valence-corrected chi connectivity index (χ2v) is 6.57. The van der Waals surface area contributed by atoms with Gasteiger partial charge >= 0.3 is 5.97 Å². The molecule has 6 nitrogen and oxygen atoms in total. The first kappa shape index (κ1) is 15.8. The first-order valence-corrected chi connectivity index (χ1v) is 8.23. The van der Waals surface area contributed by atoms with Crippen LogP contribution in [0.15, 0.2) is 18.3 Å². The van der Waals surface area contributed by atoms with Gasteiger partial charge in [-0.25, -0.2) is 4.98 Å². The number of nitrogens with one attached hydrogen (secondary N) is 1. The largest absolute Gasteiger partial charge is 0.481 e. The molecule has 2 fully saturated rings. The Hall–Kier alpha value is -2.11. The van der Waals surface area contributed by atoms with E-state index >= 15 is 0 Å². The van der Waals surface area contributed by atoms with Crippen molar-refractivity contribution in [3.8, 4) is 5.88 Å². The molecule has 1 aromatic rings. The Morgan fingerprint density at radius 3 is 2.65 bits per heavy atom. The highest BCUT2D eigenvalue weighted by molar-refractivity contribution is 5.95. The van der Waals surface area contributed by atoms with Crippen LogP contribution in [-0.4, -0.2) is 33.6 Å². The maximum Gasteiger partial charge on any atom is 0.305 e. The van der Waals surface area contributed by atoms with Gasteiger partial charge in [0, 0.05) is 17.8 Å². The van der Waals surface area contributed by atoms with Crippen LogP contribution in [-0.2, 0) is 4.79 Å². The van der Waals surface area contributed by atoms with E-state index in [1.165, 1.54) is 6.42 Å². The third-order valence-corrected chi connectivity index (χ3v) is 4.77. The zero-order chi connectivity index (χ0) is 16.3. The lowest BCUT2D eigenvalue weighted by molar-refractivity contribution is -0.138. The highest BCUT2D eigenvalue weighted by atomic mass is 16.5. The van der Waals surface area contributed by atoms with E-state index in [9.17, 15) is 9.59 Å². The fourth-order valence-electron chi connectivity index (χ4n) is 3.27. The lowest BCUT2D eigenvalue weighted by atomic mass is 9.92. The standard InChI is InChI=1S/C17H22N2O4/c20-15(21)11-17(7-1-2-8-17)19-16(22)12-6-9-18-14(10-12)23-13-4-3-5-13/h6,9-10,13H,1-5,7-8,11H2,(H,19,22)(H,20,21). The van der Waals surface area contributed by atoms with Gasteiger partial charge in [0.15, 0.2) is 0 Å². The summed E-state index contributed by atoms with van der Waals surface area (Å²) >= 11 is 0. The van der Waals surface area contributed by atoms with Crippen molar-refractivity contribution < 1.29 is 19.4 Å². The Kier molecular flexibility index (Phi) is 4.50. The van der Waals surface area contributed by atoms with Gasteiger partial charge in [0.05, 0.1) is 12.0 Å². The van der Waals surface area contributed by atoms with Gasteiger partial charge in [-0.1, -0.05) is 12.8 Å². The molecule has 0 atom stereocenters. The van der Waals surface area contributed by atoms with Crippen molar-refractivity contribution in [1.29, 1.82) is 0 Å². The first-order valence-electron chi connectivity index (χ1n) is 8.23. The molecule has 1 heterocycles. The summed E-state index contributed by atoms with van der Waals surface area (Å²) in [6.45, 7) is 0. The lowest BCUT2D eigenvalue weighted by Gasteiger charge is -2.29. The van der Waals surface area contributed by atoms with Gasteiger partial charge in [-0.05, 0) is 38.2 Å². The molecule has 2 aliphatic rings. The van der Waals surface area contributed by atoms with Crippen LogP contribution < -0.4 is 10.1 Å². The molecule has 2 saturated carbocycles. The number of nitrogens with zero attached hydrogens (tertiary/aromatic N) is 1. The maximum absolute atomic E-state index is 12.5. The molecule has 2 aliphatic carbocycles. The zero-order valence-corrected chi connectivity index (χ0v) is 13.1. The van der Waals surface area contributed by atoms with Crippen molar-refractivity contribution in [2.45, 2.75) is 63.0 Å². The average molecular weight is 318 g/mol. The predicted molar refractivity (Wildman–Crippen MR) is 83.4 cm³/mol. The van der Waals surface area contributed by atoms with E-state index < -0.39 is 11.5 Å². The van der Waals surface area contributed by atoms with Crippen molar-refractivity contribution in [2.24, 2.45) is 0 Å². The molecule has 1 amide bonds. The maximum atomic E-state index is 12.5. The third-order valence-electron chi connectivity index (χ3n) is 4.77. The van der Waals surface area contributed by atoms with Gasteiger partial charge in [-0.15, -0.1) is 0 Å². The molecule has 0 unspecified atom stereocenters. The highest BCUT2D eigenvalue weighted by Crippen LogP contribution is 2.33. The normalized spacial score (nSPS) is 19.8. The second kappa shape index (κ2) is 6.56. The SMILES string of the molecule is O=C(O)CC1(NC(=O)c2ccnc(OC3CCC3)c2)CCCC1. The van der Waals surface area contributed by atoms with Crippen LogP contribution in [0.3, 0.4) is 0 Å². The Balaban J connectivity index is 1.69. The summed E-state index contributed by atoms with van der Waals surface area (Å²) in [6.07, 6.45) is 8.26. The molecule has 0 aromatic carbocycles. The Morgan fingerprint density at radius 1 is 1.30 bits per heavy atom. The summed E-state index contributed by atoms with van der Waals surface area (Å²) in [7, 11) is 0. The number of carbonyl (C=O) groups is 2. The molecule has 23 heavy (non-hydrogen) atoms. The van der Waals surface area contributed by atoms with E-state index in [2.05, 4.69) is 10.3 Å². The molecule has 2 N–H and O–H groups in total. The quantitative estimate of drug-likeness (QED) is 0.841. The lowest BCUT2D eigenvalue weighted by Crippen LogP contribution is -2.47. The fourth-order valence-corrected chi connectivity index (χ4v) is 3.27. The van der Waals surface area contributed by atoms with Gasteiger partial charge < -0.3 is 15.2 Å². The van der Waals surface area contributed by atoms with Crippen LogP contribution in [0.1, 0.15) is 61.7 Å². The first-order chi connectivity index (χ1) is 11.1. The number of hydrogen-bond donors (Lipinski definition) is 2. The summed E-state index contributed by atoms with van der Waals surface area (Å²) in [4.78, 5) is 27.8. The van der Waals surface area contributed by atoms with Crippen LogP contribution in [0.2, 0.25) is 0 Å². The second-order valence-electron chi connectivity index (χ2n) is 6.57. The fraction of sp³-hybridized carbons (Fsp3) is 0.588. The molecule has 3 rings (SSSR count). The van der Waals surface area contributed by atoms with Gasteiger partial charge in [-0.2, -0.15) is 0 Å². The van der Waals surface area contributed by atoms with E-state index in [0.29, 0.717) is 24.3 Å². The van der Waals surface area contributed by atoms with Crippen molar-refractivity contribution >= 4 is 11.9 Å². The van der Waals surface area contributed by atoms with E-state index in [1.807, 2.05) is 0 Å². The van der Waals surface area contributed by atoms with Gasteiger partial charge in [0.25, 0.3) is 5.91 Å². The minimum absolute atomic E-state index is 0.0325. The summed E-state index contributed by atoms with van der Waals surface area (Å²) < 4.78 is 5.72. The average Bonchev–Trinajstić information content (AvgIpc) is 2.90. The molecule has 0 radical (unpaired) electrons. The minimum Gasteiger partial charge on any atom is -0.481 e. The van der Waals surface area contributed by atoms with E-state index in [4.69, 9.17) is 9.84 Å². The smallest absolute Gasteiger partial charge is 0.305 e. The van der Waals surface area contributed by atoms with Crippen molar-refractivity contribution in [1.82, 2.24) is 10.3 Å². The zero-order valence-electron chi connectivity index (χ0n) is 13.1. The van der Waals surface area contributed by atoms with Crippen molar-refractivity contribution in [3.63, 3.8) is 0 Å². The number of pyridine rings is 1. The molecule has 0 aliphatic heterocycles. The van der Waals surface area contributed by atoms with Crippen molar-refractivity contribution in [3.05, 3.63) is 23.9 Å². The number of carboxylic acids is 1. The van der Waals surface area contributed by atoms with Crippen LogP contribution in [0.5, 0.6) is 5.88 Å². The van der Waals surface area contributed by atoms with E-state index in [0.717, 1.165) is 25.7 Å². The Labute approximate surface area is 135 Å². The number of carbonyl (C=O) groups excluding carboxylic acids is 1. The highest BCUT2D eigenvalue weighted by Gasteiger charge is 2.37. The molecular weight excluding hydrogens is 296 g/mol. The monoisotopic (exact) mass is 318 g/mol. The molecule has 0 bridgehead atoms. The summed E-state index contributed by atoms with van der Waals surface area (Å²) in [5.74, 6) is -0.675. The molecule has 6 heteroatoms. The van der Waals surface area contributed by atoms with Gasteiger partial charge in [-0.3, -0.25) is 9.59 Å². The molecule has 1 aromatic heterocycles.